The Hall–Kier alpha value is -1.88. The number of thiazole rings is 1. The van der Waals surface area contributed by atoms with E-state index in [2.05, 4.69) is 21.7 Å². The van der Waals surface area contributed by atoms with Crippen LogP contribution < -0.4 is 10.6 Å². The molecule has 1 aliphatic rings. The van der Waals surface area contributed by atoms with Crippen molar-refractivity contribution in [2.75, 3.05) is 11.9 Å². The highest BCUT2D eigenvalue weighted by molar-refractivity contribution is 7.22. The summed E-state index contributed by atoms with van der Waals surface area (Å²) >= 11 is 1.58. The predicted octanol–water partition coefficient (Wildman–Crippen LogP) is 4.10. The maximum atomic E-state index is 12.2. The van der Waals surface area contributed by atoms with Gasteiger partial charge in [-0.1, -0.05) is 35.1 Å². The summed E-state index contributed by atoms with van der Waals surface area (Å²) in [6, 6.07) is 7.72. The van der Waals surface area contributed by atoms with Gasteiger partial charge in [0.2, 0.25) is 5.91 Å². The molecule has 2 N–H and O–H groups in total. The number of aromatic nitrogens is 1. The van der Waals surface area contributed by atoms with Crippen LogP contribution in [0.15, 0.2) is 35.9 Å². The summed E-state index contributed by atoms with van der Waals surface area (Å²) in [6.45, 7) is 2.60. The second kappa shape index (κ2) is 7.59. The minimum absolute atomic E-state index is 0.0284. The minimum Gasteiger partial charge on any atom is -0.354 e. The van der Waals surface area contributed by atoms with E-state index < -0.39 is 0 Å². The molecule has 2 aromatic rings. The van der Waals surface area contributed by atoms with Gasteiger partial charge in [-0.25, -0.2) is 4.98 Å². The molecule has 0 saturated carbocycles. The van der Waals surface area contributed by atoms with Gasteiger partial charge in [0.1, 0.15) is 6.04 Å². The molecule has 1 aromatic carbocycles. The van der Waals surface area contributed by atoms with Crippen molar-refractivity contribution in [2.24, 2.45) is 0 Å². The van der Waals surface area contributed by atoms with Crippen molar-refractivity contribution in [3.8, 4) is 0 Å². The Labute approximate surface area is 141 Å². The van der Waals surface area contributed by atoms with Gasteiger partial charge in [0.25, 0.3) is 0 Å². The molecule has 0 aliphatic heterocycles. The Morgan fingerprint density at radius 1 is 1.35 bits per heavy atom. The van der Waals surface area contributed by atoms with Crippen LogP contribution in [0.4, 0.5) is 5.13 Å². The van der Waals surface area contributed by atoms with Crippen LogP contribution in [0, 0.1) is 0 Å². The number of anilines is 1. The van der Waals surface area contributed by atoms with Crippen molar-refractivity contribution in [1.82, 2.24) is 10.3 Å². The number of hydrogen-bond donors (Lipinski definition) is 2. The summed E-state index contributed by atoms with van der Waals surface area (Å²) in [7, 11) is 0. The zero-order valence-electron chi connectivity index (χ0n) is 13.5. The van der Waals surface area contributed by atoms with Crippen LogP contribution in [0.25, 0.3) is 10.2 Å². The van der Waals surface area contributed by atoms with Gasteiger partial charge in [0.15, 0.2) is 5.13 Å². The summed E-state index contributed by atoms with van der Waals surface area (Å²) < 4.78 is 1.13. The first-order valence-corrected chi connectivity index (χ1v) is 9.12. The molecule has 0 fully saturated rings. The van der Waals surface area contributed by atoms with Gasteiger partial charge in [-0.15, -0.1) is 0 Å². The van der Waals surface area contributed by atoms with E-state index in [4.69, 9.17) is 0 Å². The second-order valence-corrected chi connectivity index (χ2v) is 7.03. The first-order chi connectivity index (χ1) is 11.2. The molecule has 1 heterocycles. The van der Waals surface area contributed by atoms with Crippen molar-refractivity contribution in [3.05, 3.63) is 35.9 Å². The van der Waals surface area contributed by atoms with Crippen molar-refractivity contribution in [1.29, 1.82) is 0 Å². The number of allylic oxidation sites excluding steroid dienone is 1. The highest BCUT2D eigenvalue weighted by atomic mass is 32.1. The zero-order chi connectivity index (χ0) is 16.1. The van der Waals surface area contributed by atoms with Gasteiger partial charge in [-0.3, -0.25) is 4.79 Å². The van der Waals surface area contributed by atoms with E-state index in [1.165, 1.54) is 31.3 Å². The first-order valence-electron chi connectivity index (χ1n) is 8.30. The fourth-order valence-corrected chi connectivity index (χ4v) is 3.77. The summed E-state index contributed by atoms with van der Waals surface area (Å²) in [6.07, 6.45) is 8.28. The molecule has 0 radical (unpaired) electrons. The summed E-state index contributed by atoms with van der Waals surface area (Å²) in [4.78, 5) is 16.7. The number of nitrogens with one attached hydrogen (secondary N) is 2. The number of hydrogen-bond acceptors (Lipinski definition) is 4. The van der Waals surface area contributed by atoms with E-state index >= 15 is 0 Å². The van der Waals surface area contributed by atoms with Crippen molar-refractivity contribution < 1.29 is 4.79 Å². The van der Waals surface area contributed by atoms with Gasteiger partial charge in [0, 0.05) is 6.54 Å². The Kier molecular flexibility index (Phi) is 5.28. The summed E-state index contributed by atoms with van der Waals surface area (Å²) in [5.74, 6) is 0.0284. The van der Waals surface area contributed by atoms with Crippen LogP contribution in [0.5, 0.6) is 0 Å². The largest absolute Gasteiger partial charge is 0.354 e. The number of para-hydroxylation sites is 1. The lowest BCUT2D eigenvalue weighted by Crippen LogP contribution is -2.38. The van der Waals surface area contributed by atoms with Crippen LogP contribution >= 0.6 is 11.3 Å². The third kappa shape index (κ3) is 4.32. The molecule has 0 spiro atoms. The van der Waals surface area contributed by atoms with E-state index in [0.717, 1.165) is 28.3 Å². The summed E-state index contributed by atoms with van der Waals surface area (Å²) in [5.41, 5.74) is 2.46. The van der Waals surface area contributed by atoms with Crippen LogP contribution in [0.1, 0.15) is 39.0 Å². The number of rotatable bonds is 6. The van der Waals surface area contributed by atoms with Crippen molar-refractivity contribution in [2.45, 2.75) is 45.1 Å². The summed E-state index contributed by atoms with van der Waals surface area (Å²) in [5, 5.41) is 7.01. The molecule has 1 aromatic heterocycles. The fraction of sp³-hybridized carbons (Fsp3) is 0.444. The maximum absolute atomic E-state index is 12.2. The third-order valence-electron chi connectivity index (χ3n) is 4.16. The highest BCUT2D eigenvalue weighted by Gasteiger charge is 2.14. The molecule has 122 valence electrons. The molecule has 1 amide bonds. The topological polar surface area (TPSA) is 54.0 Å². The molecule has 5 heteroatoms. The highest BCUT2D eigenvalue weighted by Crippen LogP contribution is 2.25. The van der Waals surface area contributed by atoms with Crippen LogP contribution in [-0.4, -0.2) is 23.5 Å². The molecule has 1 aliphatic carbocycles. The number of carbonyl (C=O) groups excluding carboxylic acids is 1. The first kappa shape index (κ1) is 16.0. The second-order valence-electron chi connectivity index (χ2n) is 6.00. The molecule has 0 saturated heterocycles. The van der Waals surface area contributed by atoms with Crippen molar-refractivity contribution >= 4 is 32.6 Å². The van der Waals surface area contributed by atoms with Gasteiger partial charge >= 0.3 is 0 Å². The molecule has 1 atom stereocenters. The van der Waals surface area contributed by atoms with Gasteiger partial charge in [-0.05, 0) is 51.2 Å². The van der Waals surface area contributed by atoms with Gasteiger partial charge in [0.05, 0.1) is 10.2 Å². The zero-order valence-corrected chi connectivity index (χ0v) is 14.3. The van der Waals surface area contributed by atoms with E-state index in [1.807, 2.05) is 31.2 Å². The standard InChI is InChI=1S/C18H23N3OS/c1-13(17(22)19-12-11-14-7-3-2-4-8-14)20-18-21-15-9-5-6-10-16(15)23-18/h5-7,9-10,13H,2-4,8,11-12H2,1H3,(H,19,22)(H,20,21)/t13-/m1/s1. The predicted molar refractivity (Wildman–Crippen MR) is 96.9 cm³/mol. The molecular weight excluding hydrogens is 306 g/mol. The third-order valence-corrected chi connectivity index (χ3v) is 5.13. The quantitative estimate of drug-likeness (QED) is 0.784. The Morgan fingerprint density at radius 2 is 2.22 bits per heavy atom. The number of fused-ring (bicyclic) bond motifs is 1. The Balaban J connectivity index is 1.48. The normalized spacial score (nSPS) is 16.0. The number of carbonyl (C=O) groups is 1. The molecular formula is C18H23N3OS. The van der Waals surface area contributed by atoms with E-state index in [-0.39, 0.29) is 11.9 Å². The average Bonchev–Trinajstić information content (AvgIpc) is 2.98. The lowest BCUT2D eigenvalue weighted by molar-refractivity contribution is -0.121. The lowest BCUT2D eigenvalue weighted by Gasteiger charge is -2.15. The van der Waals surface area contributed by atoms with Crippen LogP contribution in [-0.2, 0) is 4.79 Å². The van der Waals surface area contributed by atoms with E-state index in [1.54, 1.807) is 11.3 Å². The van der Waals surface area contributed by atoms with Crippen LogP contribution in [0.2, 0.25) is 0 Å². The SMILES string of the molecule is C[C@@H](Nc1nc2ccccc2s1)C(=O)NCCC1=CCCCC1. The molecule has 3 rings (SSSR count). The van der Waals surface area contributed by atoms with Crippen LogP contribution in [0.3, 0.4) is 0 Å². The van der Waals surface area contributed by atoms with E-state index in [9.17, 15) is 4.79 Å². The van der Waals surface area contributed by atoms with Gasteiger partial charge < -0.3 is 10.6 Å². The number of amides is 1. The molecule has 23 heavy (non-hydrogen) atoms. The smallest absolute Gasteiger partial charge is 0.242 e. The molecule has 0 bridgehead atoms. The number of benzene rings is 1. The monoisotopic (exact) mass is 329 g/mol. The maximum Gasteiger partial charge on any atom is 0.242 e. The molecule has 4 nitrogen and oxygen atoms in total. The van der Waals surface area contributed by atoms with Crippen molar-refractivity contribution in [3.63, 3.8) is 0 Å². The average molecular weight is 329 g/mol. The lowest BCUT2D eigenvalue weighted by atomic mass is 9.97. The fourth-order valence-electron chi connectivity index (χ4n) is 2.82. The number of nitrogens with zero attached hydrogens (tertiary/aromatic N) is 1. The Morgan fingerprint density at radius 3 is 3.00 bits per heavy atom. The molecule has 0 unspecified atom stereocenters. The Bertz CT molecular complexity index is 674. The minimum atomic E-state index is -0.282. The van der Waals surface area contributed by atoms with E-state index in [0.29, 0.717) is 0 Å². The van der Waals surface area contributed by atoms with Gasteiger partial charge in [-0.2, -0.15) is 0 Å².